The van der Waals surface area contributed by atoms with Crippen molar-refractivity contribution in [1.29, 1.82) is 0 Å². The molecule has 0 atom stereocenters. The first kappa shape index (κ1) is 9.36. The lowest BCUT2D eigenvalue weighted by Gasteiger charge is -1.91. The first-order valence-corrected chi connectivity index (χ1v) is 5.26. The topological polar surface area (TPSA) is 42.7 Å². The summed E-state index contributed by atoms with van der Waals surface area (Å²) in [7, 11) is 3.82. The summed E-state index contributed by atoms with van der Waals surface area (Å²) in [6, 6.07) is 1.97. The molecule has 0 spiro atoms. The first-order chi connectivity index (χ1) is 6.79. The molecule has 0 aliphatic carbocycles. The molecule has 5 heteroatoms. The van der Waals surface area contributed by atoms with Gasteiger partial charge in [-0.25, -0.2) is 4.98 Å². The van der Waals surface area contributed by atoms with Crippen molar-refractivity contribution in [2.45, 2.75) is 6.54 Å². The van der Waals surface area contributed by atoms with Crippen molar-refractivity contribution in [3.8, 4) is 10.7 Å². The minimum atomic E-state index is 0.809. The second-order valence-electron chi connectivity index (χ2n) is 3.05. The Hall–Kier alpha value is -1.20. The zero-order chi connectivity index (χ0) is 9.97. The van der Waals surface area contributed by atoms with Crippen LogP contribution < -0.4 is 5.32 Å². The fourth-order valence-electron chi connectivity index (χ4n) is 1.22. The monoisotopic (exact) mass is 208 g/mol. The van der Waals surface area contributed by atoms with E-state index in [0.717, 1.165) is 22.9 Å². The lowest BCUT2D eigenvalue weighted by Crippen LogP contribution is -2.04. The van der Waals surface area contributed by atoms with Crippen molar-refractivity contribution in [2.75, 3.05) is 7.05 Å². The Morgan fingerprint density at radius 1 is 1.57 bits per heavy atom. The Morgan fingerprint density at radius 3 is 3.07 bits per heavy atom. The van der Waals surface area contributed by atoms with Crippen LogP contribution in [-0.4, -0.2) is 21.8 Å². The zero-order valence-electron chi connectivity index (χ0n) is 8.19. The number of hydrogen-bond acceptors (Lipinski definition) is 4. The fraction of sp³-hybridized carbons (Fsp3) is 0.333. The van der Waals surface area contributed by atoms with Crippen LogP contribution in [-0.2, 0) is 13.6 Å². The molecule has 0 radical (unpaired) electrons. The van der Waals surface area contributed by atoms with Gasteiger partial charge in [0.15, 0.2) is 0 Å². The average molecular weight is 208 g/mol. The Bertz CT molecular complexity index is 418. The molecule has 74 valence electrons. The van der Waals surface area contributed by atoms with Crippen molar-refractivity contribution in [3.63, 3.8) is 0 Å². The van der Waals surface area contributed by atoms with Gasteiger partial charge in [-0.3, -0.25) is 4.68 Å². The van der Waals surface area contributed by atoms with Crippen LogP contribution in [0.2, 0.25) is 0 Å². The predicted octanol–water partition coefficient (Wildman–Crippen LogP) is 1.26. The van der Waals surface area contributed by atoms with Gasteiger partial charge in [0.1, 0.15) is 10.7 Å². The molecule has 0 aromatic carbocycles. The molecule has 0 bridgehead atoms. The van der Waals surface area contributed by atoms with Gasteiger partial charge in [0.25, 0.3) is 0 Å². The van der Waals surface area contributed by atoms with Gasteiger partial charge < -0.3 is 5.32 Å². The number of hydrogen-bond donors (Lipinski definition) is 1. The number of nitrogens with one attached hydrogen (secondary N) is 1. The number of nitrogens with zero attached hydrogens (tertiary/aromatic N) is 3. The molecule has 2 rings (SSSR count). The lowest BCUT2D eigenvalue weighted by molar-refractivity contribution is 0.769. The minimum Gasteiger partial charge on any atom is -0.314 e. The van der Waals surface area contributed by atoms with Crippen LogP contribution in [0.1, 0.15) is 5.69 Å². The van der Waals surface area contributed by atoms with Gasteiger partial charge in [0, 0.05) is 25.2 Å². The Labute approximate surface area is 86.6 Å². The van der Waals surface area contributed by atoms with E-state index in [-0.39, 0.29) is 0 Å². The van der Waals surface area contributed by atoms with Crippen molar-refractivity contribution in [1.82, 2.24) is 20.1 Å². The van der Waals surface area contributed by atoms with Crippen LogP contribution in [0.15, 0.2) is 17.6 Å². The zero-order valence-corrected chi connectivity index (χ0v) is 9.01. The van der Waals surface area contributed by atoms with Gasteiger partial charge in [0.05, 0.1) is 5.69 Å². The quantitative estimate of drug-likeness (QED) is 0.826. The molecule has 0 fully saturated rings. The highest BCUT2D eigenvalue weighted by Gasteiger charge is 2.06. The molecule has 2 aromatic rings. The predicted molar refractivity (Wildman–Crippen MR) is 57.1 cm³/mol. The van der Waals surface area contributed by atoms with Crippen molar-refractivity contribution in [2.24, 2.45) is 7.05 Å². The Kier molecular flexibility index (Phi) is 2.60. The fourth-order valence-corrected chi connectivity index (χ4v) is 2.00. The molecule has 2 heterocycles. The molecular formula is C9H12N4S. The van der Waals surface area contributed by atoms with E-state index in [9.17, 15) is 0 Å². The molecular weight excluding hydrogens is 196 g/mol. The maximum Gasteiger partial charge on any atom is 0.144 e. The summed E-state index contributed by atoms with van der Waals surface area (Å²) in [5.74, 6) is 0. The number of aryl methyl sites for hydroxylation is 1. The van der Waals surface area contributed by atoms with Crippen LogP contribution in [0, 0.1) is 0 Å². The minimum absolute atomic E-state index is 0.809. The molecule has 0 aliphatic heterocycles. The van der Waals surface area contributed by atoms with Crippen LogP contribution in [0.4, 0.5) is 0 Å². The third-order valence-corrected chi connectivity index (χ3v) is 2.76. The van der Waals surface area contributed by atoms with E-state index in [0.29, 0.717) is 0 Å². The highest BCUT2D eigenvalue weighted by molar-refractivity contribution is 7.13. The average Bonchev–Trinajstić information content (AvgIpc) is 2.74. The van der Waals surface area contributed by atoms with E-state index in [4.69, 9.17) is 0 Å². The lowest BCUT2D eigenvalue weighted by atomic mass is 10.4. The Balaban J connectivity index is 2.24. The summed E-state index contributed by atoms with van der Waals surface area (Å²) < 4.78 is 1.79. The first-order valence-electron chi connectivity index (χ1n) is 4.38. The van der Waals surface area contributed by atoms with E-state index in [1.165, 1.54) is 0 Å². The molecule has 0 saturated carbocycles. The number of thiazole rings is 1. The summed E-state index contributed by atoms with van der Waals surface area (Å²) in [5, 5.41) is 10.4. The Morgan fingerprint density at radius 2 is 2.43 bits per heavy atom. The standard InChI is InChI=1S/C9H12N4S/c1-10-5-7-6-14-9(11-7)8-3-4-13(2)12-8/h3-4,6,10H,5H2,1-2H3. The summed E-state index contributed by atoms with van der Waals surface area (Å²) >= 11 is 1.63. The smallest absolute Gasteiger partial charge is 0.144 e. The largest absolute Gasteiger partial charge is 0.314 e. The molecule has 4 nitrogen and oxygen atoms in total. The third-order valence-electron chi connectivity index (χ3n) is 1.84. The van der Waals surface area contributed by atoms with E-state index in [1.54, 1.807) is 16.0 Å². The van der Waals surface area contributed by atoms with Crippen molar-refractivity contribution < 1.29 is 0 Å². The molecule has 0 saturated heterocycles. The normalized spacial score (nSPS) is 10.7. The van der Waals surface area contributed by atoms with Crippen molar-refractivity contribution in [3.05, 3.63) is 23.3 Å². The SMILES string of the molecule is CNCc1csc(-c2ccn(C)n2)n1. The third kappa shape index (κ3) is 1.83. The molecule has 0 amide bonds. The summed E-state index contributed by atoms with van der Waals surface area (Å²) in [4.78, 5) is 4.46. The highest BCUT2D eigenvalue weighted by atomic mass is 32.1. The second kappa shape index (κ2) is 3.89. The van der Waals surface area contributed by atoms with Gasteiger partial charge in [-0.15, -0.1) is 11.3 Å². The van der Waals surface area contributed by atoms with E-state index in [2.05, 4.69) is 20.8 Å². The van der Waals surface area contributed by atoms with Crippen molar-refractivity contribution >= 4 is 11.3 Å². The van der Waals surface area contributed by atoms with E-state index in [1.807, 2.05) is 26.4 Å². The summed E-state index contributed by atoms with van der Waals surface area (Å²) in [6.07, 6.45) is 1.93. The second-order valence-corrected chi connectivity index (χ2v) is 3.91. The van der Waals surface area contributed by atoms with Gasteiger partial charge in [-0.2, -0.15) is 5.10 Å². The van der Waals surface area contributed by atoms with Gasteiger partial charge in [-0.05, 0) is 13.1 Å². The molecule has 14 heavy (non-hydrogen) atoms. The van der Waals surface area contributed by atoms with E-state index >= 15 is 0 Å². The molecule has 1 N–H and O–H groups in total. The number of rotatable bonds is 3. The molecule has 2 aromatic heterocycles. The van der Waals surface area contributed by atoms with E-state index < -0.39 is 0 Å². The van der Waals surface area contributed by atoms with Gasteiger partial charge in [-0.1, -0.05) is 0 Å². The van der Waals surface area contributed by atoms with Gasteiger partial charge >= 0.3 is 0 Å². The molecule has 0 aliphatic rings. The van der Waals surface area contributed by atoms with Crippen LogP contribution >= 0.6 is 11.3 Å². The maximum absolute atomic E-state index is 4.46. The van der Waals surface area contributed by atoms with Crippen LogP contribution in [0.25, 0.3) is 10.7 Å². The highest BCUT2D eigenvalue weighted by Crippen LogP contribution is 2.21. The number of aromatic nitrogens is 3. The summed E-state index contributed by atoms with van der Waals surface area (Å²) in [6.45, 7) is 0.809. The summed E-state index contributed by atoms with van der Waals surface area (Å²) in [5.41, 5.74) is 2.01. The van der Waals surface area contributed by atoms with Crippen LogP contribution in [0.5, 0.6) is 0 Å². The molecule has 0 unspecified atom stereocenters. The van der Waals surface area contributed by atoms with Crippen LogP contribution in [0.3, 0.4) is 0 Å². The maximum atomic E-state index is 4.46. The van der Waals surface area contributed by atoms with Gasteiger partial charge in [0.2, 0.25) is 0 Å².